The standard InChI is InChI=1S/C26H22N2O6S/c1-17-7-12-22(13-8-17)35(31,32)34-24-14-10-20(25(29)33-2)16-23(24)28-26(30)27-21-11-9-18-5-3-4-6-19(18)15-21/h3-16H,1-2H3,(H2,27,28,30). The number of carbonyl (C=O) groups excluding carboxylic acids is 2. The van der Waals surface area contributed by atoms with Crippen LogP contribution in [0, 0.1) is 6.92 Å². The third kappa shape index (κ3) is 5.59. The Morgan fingerprint density at radius 2 is 1.51 bits per heavy atom. The fourth-order valence-electron chi connectivity index (χ4n) is 3.37. The number of hydrogen-bond donors (Lipinski definition) is 2. The van der Waals surface area contributed by atoms with Gasteiger partial charge in [0.25, 0.3) is 0 Å². The molecule has 0 aliphatic rings. The number of nitrogens with one attached hydrogen (secondary N) is 2. The molecule has 35 heavy (non-hydrogen) atoms. The molecule has 0 spiro atoms. The van der Waals surface area contributed by atoms with Gasteiger partial charge in [-0.2, -0.15) is 8.42 Å². The van der Waals surface area contributed by atoms with E-state index in [9.17, 15) is 18.0 Å². The molecule has 0 fully saturated rings. The summed E-state index contributed by atoms with van der Waals surface area (Å²) < 4.78 is 35.6. The number of anilines is 2. The highest BCUT2D eigenvalue weighted by molar-refractivity contribution is 7.87. The zero-order chi connectivity index (χ0) is 25.0. The number of ether oxygens (including phenoxy) is 1. The van der Waals surface area contributed by atoms with Gasteiger partial charge in [0.2, 0.25) is 0 Å². The molecule has 8 nitrogen and oxygen atoms in total. The molecule has 0 heterocycles. The molecule has 0 radical (unpaired) electrons. The Kier molecular flexibility index (Phi) is 6.70. The predicted octanol–water partition coefficient (Wildman–Crippen LogP) is 5.35. The molecular formula is C26H22N2O6S. The second-order valence-electron chi connectivity index (χ2n) is 7.69. The van der Waals surface area contributed by atoms with Crippen LogP contribution in [0.2, 0.25) is 0 Å². The van der Waals surface area contributed by atoms with Crippen molar-refractivity contribution in [2.24, 2.45) is 0 Å². The Hall–Kier alpha value is -4.37. The molecule has 178 valence electrons. The lowest BCUT2D eigenvalue weighted by Crippen LogP contribution is -2.21. The summed E-state index contributed by atoms with van der Waals surface area (Å²) in [5.41, 5.74) is 1.50. The number of fused-ring (bicyclic) bond motifs is 1. The summed E-state index contributed by atoms with van der Waals surface area (Å²) in [6, 6.07) is 22.5. The molecule has 0 unspecified atom stereocenters. The first-order valence-corrected chi connectivity index (χ1v) is 12.0. The van der Waals surface area contributed by atoms with Crippen molar-refractivity contribution in [3.05, 3.63) is 96.1 Å². The number of carbonyl (C=O) groups is 2. The average molecular weight is 491 g/mol. The summed E-state index contributed by atoms with van der Waals surface area (Å²) in [6.45, 7) is 1.83. The number of amides is 2. The van der Waals surface area contributed by atoms with Crippen molar-refractivity contribution < 1.29 is 26.9 Å². The van der Waals surface area contributed by atoms with Crippen molar-refractivity contribution in [1.29, 1.82) is 0 Å². The zero-order valence-electron chi connectivity index (χ0n) is 18.9. The van der Waals surface area contributed by atoms with Crippen LogP contribution in [-0.2, 0) is 14.9 Å². The molecule has 9 heteroatoms. The van der Waals surface area contributed by atoms with Crippen LogP contribution in [0.15, 0.2) is 89.8 Å². The first-order valence-electron chi connectivity index (χ1n) is 10.6. The van der Waals surface area contributed by atoms with E-state index in [2.05, 4.69) is 10.6 Å². The monoisotopic (exact) mass is 490 g/mol. The first kappa shape index (κ1) is 23.8. The van der Waals surface area contributed by atoms with Gasteiger partial charge in [0.15, 0.2) is 5.75 Å². The maximum Gasteiger partial charge on any atom is 0.339 e. The largest absolute Gasteiger partial charge is 0.465 e. The molecule has 0 aliphatic carbocycles. The van der Waals surface area contributed by atoms with Crippen molar-refractivity contribution in [1.82, 2.24) is 0 Å². The fraction of sp³-hybridized carbons (Fsp3) is 0.0769. The van der Waals surface area contributed by atoms with Crippen molar-refractivity contribution in [3.8, 4) is 5.75 Å². The van der Waals surface area contributed by atoms with E-state index in [-0.39, 0.29) is 21.9 Å². The van der Waals surface area contributed by atoms with Gasteiger partial charge in [0.05, 0.1) is 18.4 Å². The Morgan fingerprint density at radius 3 is 2.23 bits per heavy atom. The van der Waals surface area contributed by atoms with E-state index >= 15 is 0 Å². The van der Waals surface area contributed by atoms with Crippen molar-refractivity contribution in [2.45, 2.75) is 11.8 Å². The van der Waals surface area contributed by atoms with Crippen LogP contribution in [0.1, 0.15) is 15.9 Å². The van der Waals surface area contributed by atoms with Gasteiger partial charge < -0.3 is 19.6 Å². The molecule has 0 saturated heterocycles. The fourth-order valence-corrected chi connectivity index (χ4v) is 4.32. The maximum atomic E-state index is 12.8. The van der Waals surface area contributed by atoms with Crippen LogP contribution in [0.4, 0.5) is 16.2 Å². The summed E-state index contributed by atoms with van der Waals surface area (Å²) >= 11 is 0. The van der Waals surface area contributed by atoms with Gasteiger partial charge in [-0.3, -0.25) is 0 Å². The van der Waals surface area contributed by atoms with Gasteiger partial charge in [0.1, 0.15) is 4.90 Å². The molecule has 2 N–H and O–H groups in total. The topological polar surface area (TPSA) is 111 Å². The van der Waals surface area contributed by atoms with E-state index in [4.69, 9.17) is 8.92 Å². The van der Waals surface area contributed by atoms with Crippen molar-refractivity contribution in [3.63, 3.8) is 0 Å². The maximum absolute atomic E-state index is 12.8. The molecule has 4 aromatic rings. The van der Waals surface area contributed by atoms with E-state index in [0.717, 1.165) is 16.3 Å². The molecule has 4 rings (SSSR count). The normalized spacial score (nSPS) is 11.0. The van der Waals surface area contributed by atoms with Gasteiger partial charge in [-0.1, -0.05) is 48.0 Å². The number of methoxy groups -OCH3 is 1. The number of rotatable bonds is 6. The summed E-state index contributed by atoms with van der Waals surface area (Å²) in [6.07, 6.45) is 0. The highest BCUT2D eigenvalue weighted by Gasteiger charge is 2.21. The number of hydrogen-bond acceptors (Lipinski definition) is 6. The molecule has 0 aliphatic heterocycles. The summed E-state index contributed by atoms with van der Waals surface area (Å²) in [5.74, 6) is -0.817. The van der Waals surface area contributed by atoms with Crippen LogP contribution in [0.25, 0.3) is 10.8 Å². The van der Waals surface area contributed by atoms with E-state index in [1.54, 1.807) is 24.3 Å². The minimum Gasteiger partial charge on any atom is -0.465 e. The van der Waals surface area contributed by atoms with Crippen LogP contribution in [-0.4, -0.2) is 27.5 Å². The molecular weight excluding hydrogens is 468 g/mol. The third-order valence-corrected chi connectivity index (χ3v) is 6.41. The van der Waals surface area contributed by atoms with E-state index in [1.165, 1.54) is 37.4 Å². The first-order chi connectivity index (χ1) is 16.7. The van der Waals surface area contributed by atoms with Crippen LogP contribution < -0.4 is 14.8 Å². The highest BCUT2D eigenvalue weighted by Crippen LogP contribution is 2.30. The number of aryl methyl sites for hydroxylation is 1. The lowest BCUT2D eigenvalue weighted by atomic mass is 10.1. The Balaban J connectivity index is 1.61. The van der Waals surface area contributed by atoms with Crippen molar-refractivity contribution >= 4 is 44.3 Å². The summed E-state index contributed by atoms with van der Waals surface area (Å²) in [5, 5.41) is 7.22. The average Bonchev–Trinajstić information content (AvgIpc) is 2.84. The van der Waals surface area contributed by atoms with Crippen LogP contribution in [0.3, 0.4) is 0 Å². The third-order valence-electron chi connectivity index (χ3n) is 5.17. The number of esters is 1. The van der Waals surface area contributed by atoms with Gasteiger partial charge >= 0.3 is 22.1 Å². The smallest absolute Gasteiger partial charge is 0.339 e. The summed E-state index contributed by atoms with van der Waals surface area (Å²) in [4.78, 5) is 24.7. The lowest BCUT2D eigenvalue weighted by Gasteiger charge is -2.14. The highest BCUT2D eigenvalue weighted by atomic mass is 32.2. The van der Waals surface area contributed by atoms with Crippen molar-refractivity contribution in [2.75, 3.05) is 17.7 Å². The van der Waals surface area contributed by atoms with Crippen LogP contribution in [0.5, 0.6) is 5.75 Å². The number of urea groups is 1. The minimum atomic E-state index is -4.20. The summed E-state index contributed by atoms with van der Waals surface area (Å²) in [7, 11) is -2.98. The Bertz CT molecular complexity index is 1510. The van der Waals surface area contributed by atoms with Gasteiger partial charge in [0, 0.05) is 5.69 Å². The molecule has 0 saturated carbocycles. The molecule has 0 bridgehead atoms. The Labute approximate surface area is 202 Å². The predicted molar refractivity (Wildman–Crippen MR) is 133 cm³/mol. The molecule has 0 atom stereocenters. The number of benzene rings is 4. The van der Waals surface area contributed by atoms with Gasteiger partial charge in [-0.25, -0.2) is 9.59 Å². The van der Waals surface area contributed by atoms with E-state index in [0.29, 0.717) is 5.69 Å². The second kappa shape index (κ2) is 9.86. The van der Waals surface area contributed by atoms with Gasteiger partial charge in [-0.15, -0.1) is 0 Å². The SMILES string of the molecule is COC(=O)c1ccc(OS(=O)(=O)c2ccc(C)cc2)c(NC(=O)Nc2ccc3ccccc3c2)c1. The van der Waals surface area contributed by atoms with Gasteiger partial charge in [-0.05, 0) is 60.2 Å². The lowest BCUT2D eigenvalue weighted by molar-refractivity contribution is 0.0600. The van der Waals surface area contributed by atoms with E-state index in [1.807, 2.05) is 37.3 Å². The quantitative estimate of drug-likeness (QED) is 0.279. The minimum absolute atomic E-state index is 0.0260. The van der Waals surface area contributed by atoms with E-state index < -0.39 is 22.1 Å². The molecule has 4 aromatic carbocycles. The molecule has 2 amide bonds. The second-order valence-corrected chi connectivity index (χ2v) is 9.24. The Morgan fingerprint density at radius 1 is 0.800 bits per heavy atom. The molecule has 0 aromatic heterocycles. The van der Waals surface area contributed by atoms with Crippen LogP contribution >= 0.6 is 0 Å². The zero-order valence-corrected chi connectivity index (χ0v) is 19.8.